The monoisotopic (exact) mass is 332 g/mol. The molecule has 0 saturated carbocycles. The second-order valence-corrected chi connectivity index (χ2v) is 6.36. The Bertz CT molecular complexity index is 802. The normalized spacial score (nSPS) is 11.9. The highest BCUT2D eigenvalue weighted by atomic mass is 16.1. The number of carbonyl (C=O) groups is 1. The van der Waals surface area contributed by atoms with Crippen molar-refractivity contribution in [1.29, 1.82) is 0 Å². The van der Waals surface area contributed by atoms with E-state index in [0.717, 1.165) is 17.7 Å². The summed E-state index contributed by atoms with van der Waals surface area (Å²) in [6.45, 7) is 4.19. The van der Waals surface area contributed by atoms with Gasteiger partial charge in [-0.3, -0.25) is 4.79 Å². The highest BCUT2D eigenvalue weighted by Crippen LogP contribution is 2.23. The number of nitrogens with one attached hydrogen (secondary N) is 1. The number of amides is 1. The van der Waals surface area contributed by atoms with E-state index < -0.39 is 0 Å². The zero-order valence-electron chi connectivity index (χ0n) is 14.8. The number of rotatable bonds is 6. The molecule has 0 saturated heterocycles. The van der Waals surface area contributed by atoms with Crippen molar-refractivity contribution in [2.24, 2.45) is 0 Å². The van der Waals surface area contributed by atoms with Gasteiger partial charge in [0, 0.05) is 18.1 Å². The second kappa shape index (κ2) is 7.84. The van der Waals surface area contributed by atoms with Gasteiger partial charge in [0.05, 0.1) is 12.5 Å². The molecule has 3 aromatic rings. The van der Waals surface area contributed by atoms with Crippen LogP contribution in [0.4, 0.5) is 5.69 Å². The Morgan fingerprint density at radius 2 is 1.64 bits per heavy atom. The molecule has 3 rings (SSSR count). The molecule has 0 radical (unpaired) electrons. The largest absolute Gasteiger partial charge is 0.346 e. The van der Waals surface area contributed by atoms with Gasteiger partial charge in [0.2, 0.25) is 5.91 Å². The van der Waals surface area contributed by atoms with Gasteiger partial charge < -0.3 is 9.88 Å². The van der Waals surface area contributed by atoms with E-state index in [0.29, 0.717) is 6.42 Å². The predicted molar refractivity (Wildman–Crippen MR) is 103 cm³/mol. The Balaban J connectivity index is 1.75. The van der Waals surface area contributed by atoms with Gasteiger partial charge in [0.25, 0.3) is 0 Å². The van der Waals surface area contributed by atoms with Crippen molar-refractivity contribution < 1.29 is 4.79 Å². The number of nitrogens with zero attached hydrogens (tertiary/aromatic N) is 1. The van der Waals surface area contributed by atoms with Crippen LogP contribution in [0.5, 0.6) is 0 Å². The Morgan fingerprint density at radius 1 is 1.00 bits per heavy atom. The summed E-state index contributed by atoms with van der Waals surface area (Å²) >= 11 is 0. The van der Waals surface area contributed by atoms with Crippen molar-refractivity contribution in [2.45, 2.75) is 32.7 Å². The summed E-state index contributed by atoms with van der Waals surface area (Å²) in [5.74, 6) is 0.0172. The van der Waals surface area contributed by atoms with Gasteiger partial charge in [0.1, 0.15) is 0 Å². The Morgan fingerprint density at radius 3 is 2.24 bits per heavy atom. The number of benzene rings is 2. The first-order valence-corrected chi connectivity index (χ1v) is 8.73. The molecule has 1 unspecified atom stereocenters. The number of aryl methyl sites for hydroxylation is 2. The lowest BCUT2D eigenvalue weighted by Crippen LogP contribution is -2.19. The third kappa shape index (κ3) is 4.38. The van der Waals surface area contributed by atoms with E-state index in [1.165, 1.54) is 11.1 Å². The average Bonchev–Trinajstić information content (AvgIpc) is 3.15. The van der Waals surface area contributed by atoms with Crippen molar-refractivity contribution >= 4 is 11.6 Å². The van der Waals surface area contributed by atoms with E-state index in [2.05, 4.69) is 60.1 Å². The lowest BCUT2D eigenvalue weighted by Gasteiger charge is -2.19. The van der Waals surface area contributed by atoms with Crippen molar-refractivity contribution in [3.63, 3.8) is 0 Å². The molecule has 1 amide bonds. The zero-order chi connectivity index (χ0) is 17.6. The summed E-state index contributed by atoms with van der Waals surface area (Å²) in [7, 11) is 0. The van der Waals surface area contributed by atoms with Crippen molar-refractivity contribution in [1.82, 2.24) is 4.57 Å². The SMILES string of the molecule is CCc1ccc(NC(=O)CC(c2ccc(C)cc2)n2cccc2)cc1. The van der Waals surface area contributed by atoms with E-state index in [1.54, 1.807) is 0 Å². The maximum Gasteiger partial charge on any atom is 0.226 e. The van der Waals surface area contributed by atoms with Crippen LogP contribution < -0.4 is 5.32 Å². The number of carbonyl (C=O) groups excluding carboxylic acids is 1. The predicted octanol–water partition coefficient (Wildman–Crippen LogP) is 4.98. The molecule has 1 aromatic heterocycles. The summed E-state index contributed by atoms with van der Waals surface area (Å²) in [5.41, 5.74) is 4.47. The first-order valence-electron chi connectivity index (χ1n) is 8.73. The average molecular weight is 332 g/mol. The lowest BCUT2D eigenvalue weighted by atomic mass is 10.0. The molecule has 3 heteroatoms. The maximum absolute atomic E-state index is 12.6. The summed E-state index contributed by atoms with van der Waals surface area (Å²) in [4.78, 5) is 12.6. The van der Waals surface area contributed by atoms with Crippen LogP contribution in [0.3, 0.4) is 0 Å². The lowest BCUT2D eigenvalue weighted by molar-refractivity contribution is -0.116. The van der Waals surface area contributed by atoms with Crippen LogP contribution in [0.15, 0.2) is 73.1 Å². The highest BCUT2D eigenvalue weighted by Gasteiger charge is 2.17. The van der Waals surface area contributed by atoms with Crippen molar-refractivity contribution in [3.8, 4) is 0 Å². The Kier molecular flexibility index (Phi) is 5.34. The van der Waals surface area contributed by atoms with E-state index >= 15 is 0 Å². The molecule has 0 spiro atoms. The minimum atomic E-state index is -0.00878. The van der Waals surface area contributed by atoms with Crippen LogP contribution in [-0.2, 0) is 11.2 Å². The molecule has 128 valence electrons. The van der Waals surface area contributed by atoms with Crippen molar-refractivity contribution in [2.75, 3.05) is 5.32 Å². The molecule has 1 heterocycles. The van der Waals surface area contributed by atoms with Crippen LogP contribution in [-0.4, -0.2) is 10.5 Å². The smallest absolute Gasteiger partial charge is 0.226 e. The van der Waals surface area contributed by atoms with E-state index in [4.69, 9.17) is 0 Å². The molecule has 3 nitrogen and oxygen atoms in total. The van der Waals surface area contributed by atoms with Crippen LogP contribution in [0.25, 0.3) is 0 Å². The van der Waals surface area contributed by atoms with E-state index in [9.17, 15) is 4.79 Å². The van der Waals surface area contributed by atoms with Gasteiger partial charge in [-0.1, -0.05) is 48.9 Å². The van der Waals surface area contributed by atoms with Gasteiger partial charge in [-0.2, -0.15) is 0 Å². The molecule has 0 bridgehead atoms. The van der Waals surface area contributed by atoms with Crippen LogP contribution in [0.1, 0.15) is 36.1 Å². The first kappa shape index (κ1) is 17.0. The molecule has 0 aliphatic rings. The van der Waals surface area contributed by atoms with Gasteiger partial charge >= 0.3 is 0 Å². The van der Waals surface area contributed by atoms with Gasteiger partial charge in [-0.05, 0) is 48.7 Å². The number of hydrogen-bond donors (Lipinski definition) is 1. The molecule has 2 aromatic carbocycles. The molecule has 0 aliphatic carbocycles. The van der Waals surface area contributed by atoms with Gasteiger partial charge in [0.15, 0.2) is 0 Å². The maximum atomic E-state index is 12.6. The Labute approximate surface area is 149 Å². The molecule has 0 fully saturated rings. The van der Waals surface area contributed by atoms with Gasteiger partial charge in [-0.25, -0.2) is 0 Å². The number of hydrogen-bond acceptors (Lipinski definition) is 1. The topological polar surface area (TPSA) is 34.0 Å². The molecule has 1 N–H and O–H groups in total. The zero-order valence-corrected chi connectivity index (χ0v) is 14.8. The van der Waals surface area contributed by atoms with Gasteiger partial charge in [-0.15, -0.1) is 0 Å². The second-order valence-electron chi connectivity index (χ2n) is 6.36. The summed E-state index contributed by atoms with van der Waals surface area (Å²) in [6, 6.07) is 20.4. The fourth-order valence-corrected chi connectivity index (χ4v) is 2.95. The molecular formula is C22H24N2O. The standard InChI is InChI=1S/C22H24N2O/c1-3-18-8-12-20(13-9-18)23-22(25)16-21(24-14-4-5-15-24)19-10-6-17(2)7-11-19/h4-15,21H,3,16H2,1-2H3,(H,23,25). The summed E-state index contributed by atoms with van der Waals surface area (Å²) in [5, 5.41) is 3.01. The molecular weight excluding hydrogens is 308 g/mol. The molecule has 0 aliphatic heterocycles. The Hall–Kier alpha value is -2.81. The van der Waals surface area contributed by atoms with Crippen LogP contribution >= 0.6 is 0 Å². The molecule has 25 heavy (non-hydrogen) atoms. The number of aromatic nitrogens is 1. The van der Waals surface area contributed by atoms with Crippen LogP contribution in [0, 0.1) is 6.92 Å². The fraction of sp³-hybridized carbons (Fsp3) is 0.227. The first-order chi connectivity index (χ1) is 12.2. The van der Waals surface area contributed by atoms with Crippen LogP contribution in [0.2, 0.25) is 0 Å². The van der Waals surface area contributed by atoms with Crippen molar-refractivity contribution in [3.05, 3.63) is 89.7 Å². The fourth-order valence-electron chi connectivity index (χ4n) is 2.95. The number of anilines is 1. The minimum Gasteiger partial charge on any atom is -0.346 e. The third-order valence-corrected chi connectivity index (χ3v) is 4.47. The minimum absolute atomic E-state index is 0.00878. The highest BCUT2D eigenvalue weighted by molar-refractivity contribution is 5.91. The third-order valence-electron chi connectivity index (χ3n) is 4.47. The quantitative estimate of drug-likeness (QED) is 0.679. The summed E-state index contributed by atoms with van der Waals surface area (Å²) < 4.78 is 2.09. The van der Waals surface area contributed by atoms with E-state index in [-0.39, 0.29) is 11.9 Å². The molecule has 1 atom stereocenters. The van der Waals surface area contributed by atoms with E-state index in [1.807, 2.05) is 36.7 Å². The summed E-state index contributed by atoms with van der Waals surface area (Å²) in [6.07, 6.45) is 5.41.